The monoisotopic (exact) mass is 525 g/mol. The van der Waals surface area contributed by atoms with Crippen molar-refractivity contribution in [2.75, 3.05) is 0 Å². The SMILES string of the molecule is c1ccc(-c2ccc3nc4c5cccnc5n(-c5ccc(-n6c7ccccc7c7ccccc76)cc5)c4n3c2)cc1. The molecule has 9 aromatic rings. The number of hydrogen-bond acceptors (Lipinski definition) is 2. The molecule has 0 unspecified atom stereocenters. The fourth-order valence-corrected chi connectivity index (χ4v) is 6.28. The zero-order chi connectivity index (χ0) is 26.9. The molecule has 5 nitrogen and oxygen atoms in total. The molecule has 5 heterocycles. The highest BCUT2D eigenvalue weighted by Crippen LogP contribution is 2.35. The van der Waals surface area contributed by atoms with Crippen LogP contribution in [0, 0.1) is 0 Å². The molecule has 0 aliphatic carbocycles. The van der Waals surface area contributed by atoms with Crippen LogP contribution in [0.25, 0.3) is 72.2 Å². The van der Waals surface area contributed by atoms with Gasteiger partial charge < -0.3 is 4.57 Å². The maximum Gasteiger partial charge on any atom is 0.152 e. The number of para-hydroxylation sites is 2. The minimum atomic E-state index is 0.897. The first-order valence-electron chi connectivity index (χ1n) is 13.8. The Kier molecular flexibility index (Phi) is 4.55. The quantitative estimate of drug-likeness (QED) is 0.232. The largest absolute Gasteiger partial charge is 0.309 e. The van der Waals surface area contributed by atoms with Gasteiger partial charge in [-0.25, -0.2) is 9.97 Å². The van der Waals surface area contributed by atoms with Crippen molar-refractivity contribution in [2.45, 2.75) is 0 Å². The molecule has 0 radical (unpaired) electrons. The van der Waals surface area contributed by atoms with Crippen molar-refractivity contribution in [3.05, 3.63) is 140 Å². The molecule has 5 aromatic heterocycles. The summed E-state index contributed by atoms with van der Waals surface area (Å²) >= 11 is 0. The van der Waals surface area contributed by atoms with Gasteiger partial charge in [-0.3, -0.25) is 8.97 Å². The van der Waals surface area contributed by atoms with Crippen LogP contribution in [-0.2, 0) is 0 Å². The summed E-state index contributed by atoms with van der Waals surface area (Å²) in [5, 5.41) is 3.56. The summed E-state index contributed by atoms with van der Waals surface area (Å²) in [6.45, 7) is 0. The van der Waals surface area contributed by atoms with Crippen LogP contribution in [0.4, 0.5) is 0 Å². The molecule has 0 saturated carbocycles. The van der Waals surface area contributed by atoms with E-state index in [2.05, 4.69) is 135 Å². The summed E-state index contributed by atoms with van der Waals surface area (Å²) in [6.07, 6.45) is 4.04. The number of aromatic nitrogens is 5. The lowest BCUT2D eigenvalue weighted by Crippen LogP contribution is -2.00. The van der Waals surface area contributed by atoms with Crippen molar-refractivity contribution in [1.29, 1.82) is 0 Å². The second-order valence-electron chi connectivity index (χ2n) is 10.4. The van der Waals surface area contributed by atoms with Crippen molar-refractivity contribution in [3.63, 3.8) is 0 Å². The molecule has 4 aromatic carbocycles. The van der Waals surface area contributed by atoms with E-state index in [1.807, 2.05) is 18.3 Å². The van der Waals surface area contributed by atoms with Gasteiger partial charge in [0, 0.05) is 39.9 Å². The Morgan fingerprint density at radius 2 is 1.12 bits per heavy atom. The third-order valence-electron chi connectivity index (χ3n) is 8.11. The average Bonchev–Trinajstić information content (AvgIpc) is 3.68. The van der Waals surface area contributed by atoms with Gasteiger partial charge in [-0.15, -0.1) is 0 Å². The maximum absolute atomic E-state index is 5.05. The van der Waals surface area contributed by atoms with Crippen LogP contribution >= 0.6 is 0 Å². The summed E-state index contributed by atoms with van der Waals surface area (Å²) in [6, 6.07) is 44.8. The maximum atomic E-state index is 5.05. The van der Waals surface area contributed by atoms with Crippen LogP contribution < -0.4 is 0 Å². The van der Waals surface area contributed by atoms with Crippen LogP contribution in [0.5, 0.6) is 0 Å². The summed E-state index contributed by atoms with van der Waals surface area (Å²) < 4.78 is 6.77. The molecule has 0 spiro atoms. The summed E-state index contributed by atoms with van der Waals surface area (Å²) in [7, 11) is 0. The number of fused-ring (bicyclic) bond motifs is 8. The van der Waals surface area contributed by atoms with Crippen LogP contribution in [0.15, 0.2) is 140 Å². The van der Waals surface area contributed by atoms with Crippen LogP contribution in [-0.4, -0.2) is 23.5 Å². The fraction of sp³-hybridized carbons (Fsp3) is 0. The highest BCUT2D eigenvalue weighted by molar-refractivity contribution is 6.09. The minimum Gasteiger partial charge on any atom is -0.309 e. The summed E-state index contributed by atoms with van der Waals surface area (Å²) in [5.74, 6) is 0. The Morgan fingerprint density at radius 1 is 0.488 bits per heavy atom. The molecule has 0 N–H and O–H groups in total. The zero-order valence-corrected chi connectivity index (χ0v) is 22.0. The predicted molar refractivity (Wildman–Crippen MR) is 167 cm³/mol. The van der Waals surface area contributed by atoms with Gasteiger partial charge in [0.2, 0.25) is 0 Å². The topological polar surface area (TPSA) is 40.0 Å². The fourth-order valence-electron chi connectivity index (χ4n) is 6.28. The van der Waals surface area contributed by atoms with E-state index in [0.717, 1.165) is 44.8 Å². The number of rotatable bonds is 3. The average molecular weight is 526 g/mol. The first-order valence-corrected chi connectivity index (χ1v) is 13.8. The van der Waals surface area contributed by atoms with Gasteiger partial charge in [0.05, 0.1) is 11.0 Å². The van der Waals surface area contributed by atoms with E-state index in [4.69, 9.17) is 9.97 Å². The molecule has 0 atom stereocenters. The van der Waals surface area contributed by atoms with E-state index in [0.29, 0.717) is 0 Å². The van der Waals surface area contributed by atoms with Crippen molar-refractivity contribution < 1.29 is 0 Å². The first kappa shape index (κ1) is 22.2. The second-order valence-corrected chi connectivity index (χ2v) is 10.4. The highest BCUT2D eigenvalue weighted by atomic mass is 15.2. The summed E-state index contributed by atoms with van der Waals surface area (Å²) in [5.41, 5.74) is 10.7. The van der Waals surface area contributed by atoms with Gasteiger partial charge in [-0.1, -0.05) is 66.7 Å². The number of imidazole rings is 1. The standard InChI is InChI=1S/C36H23N5/c1-2-9-24(10-3-1)25-16-21-33-38-34-30-13-8-22-37-35(30)41(36(34)39(33)23-25)27-19-17-26(18-20-27)40-31-14-6-4-11-28(31)29-12-5-7-15-32(29)40/h1-23H. The molecule has 0 aliphatic heterocycles. The van der Waals surface area contributed by atoms with E-state index in [-0.39, 0.29) is 0 Å². The van der Waals surface area contributed by atoms with Gasteiger partial charge in [-0.2, -0.15) is 0 Å². The number of benzene rings is 4. The van der Waals surface area contributed by atoms with Gasteiger partial charge in [0.15, 0.2) is 5.65 Å². The Bertz CT molecular complexity index is 2350. The molecule has 0 fully saturated rings. The predicted octanol–water partition coefficient (Wildman–Crippen LogP) is 8.59. The highest BCUT2D eigenvalue weighted by Gasteiger charge is 2.19. The molecule has 192 valence electrons. The lowest BCUT2D eigenvalue weighted by molar-refractivity contribution is 1.07. The molecule has 0 bridgehead atoms. The Morgan fingerprint density at radius 3 is 1.85 bits per heavy atom. The number of nitrogens with zero attached hydrogens (tertiary/aromatic N) is 5. The Labute approximate surface area is 235 Å². The lowest BCUT2D eigenvalue weighted by Gasteiger charge is -2.11. The second kappa shape index (κ2) is 8.41. The van der Waals surface area contributed by atoms with Crippen LogP contribution in [0.3, 0.4) is 0 Å². The molecule has 0 saturated heterocycles. The van der Waals surface area contributed by atoms with Crippen molar-refractivity contribution >= 4 is 49.7 Å². The van der Waals surface area contributed by atoms with E-state index in [1.165, 1.54) is 27.4 Å². The molecular formula is C36H23N5. The first-order chi connectivity index (χ1) is 20.3. The van der Waals surface area contributed by atoms with Crippen molar-refractivity contribution in [3.8, 4) is 22.5 Å². The molecular weight excluding hydrogens is 502 g/mol. The van der Waals surface area contributed by atoms with E-state index >= 15 is 0 Å². The van der Waals surface area contributed by atoms with Crippen molar-refractivity contribution in [2.24, 2.45) is 0 Å². The number of hydrogen-bond donors (Lipinski definition) is 0. The smallest absolute Gasteiger partial charge is 0.152 e. The van der Waals surface area contributed by atoms with Gasteiger partial charge in [0.1, 0.15) is 16.8 Å². The third kappa shape index (κ3) is 3.17. The number of pyridine rings is 2. The van der Waals surface area contributed by atoms with Gasteiger partial charge >= 0.3 is 0 Å². The van der Waals surface area contributed by atoms with Gasteiger partial charge in [-0.05, 0) is 71.8 Å². The molecule has 0 aliphatic rings. The Balaban J connectivity index is 1.28. The van der Waals surface area contributed by atoms with E-state index < -0.39 is 0 Å². The van der Waals surface area contributed by atoms with Crippen LogP contribution in [0.1, 0.15) is 0 Å². The summed E-state index contributed by atoms with van der Waals surface area (Å²) in [4.78, 5) is 9.86. The zero-order valence-electron chi connectivity index (χ0n) is 22.0. The Hall–Kier alpha value is -5.68. The third-order valence-corrected chi connectivity index (χ3v) is 8.11. The van der Waals surface area contributed by atoms with Gasteiger partial charge in [0.25, 0.3) is 0 Å². The van der Waals surface area contributed by atoms with E-state index in [1.54, 1.807) is 0 Å². The minimum absolute atomic E-state index is 0.897. The molecule has 5 heteroatoms. The normalized spacial score (nSPS) is 11.9. The molecule has 9 rings (SSSR count). The van der Waals surface area contributed by atoms with Crippen LogP contribution in [0.2, 0.25) is 0 Å². The molecule has 41 heavy (non-hydrogen) atoms. The molecule has 0 amide bonds. The van der Waals surface area contributed by atoms with Crippen molar-refractivity contribution in [1.82, 2.24) is 23.5 Å². The lowest BCUT2D eigenvalue weighted by atomic mass is 10.1. The van der Waals surface area contributed by atoms with E-state index in [9.17, 15) is 0 Å².